The molecule has 1 saturated carbocycles. The summed E-state index contributed by atoms with van der Waals surface area (Å²) in [5.41, 5.74) is 0.331. The van der Waals surface area contributed by atoms with Gasteiger partial charge in [-0.2, -0.15) is 0 Å². The minimum Gasteiger partial charge on any atom is -0.505 e. The molecule has 3 atom stereocenters. The number of rotatable bonds is 7. The summed E-state index contributed by atoms with van der Waals surface area (Å²) in [6, 6.07) is 6.51. The summed E-state index contributed by atoms with van der Waals surface area (Å²) in [6.45, 7) is 3.79. The lowest BCUT2D eigenvalue weighted by atomic mass is 9.82. The number of anilines is 1. The number of hydrogen-bond acceptors (Lipinski definition) is 7. The predicted molar refractivity (Wildman–Crippen MR) is 107 cm³/mol. The quantitative estimate of drug-likeness (QED) is 0.482. The minimum absolute atomic E-state index is 0.111. The zero-order valence-electron chi connectivity index (χ0n) is 16.9. The highest BCUT2D eigenvalue weighted by Crippen LogP contribution is 2.31. The van der Waals surface area contributed by atoms with Crippen LogP contribution in [0.1, 0.15) is 41.3 Å². The van der Waals surface area contributed by atoms with Gasteiger partial charge in [-0.1, -0.05) is 13.0 Å². The first-order valence-corrected chi connectivity index (χ1v) is 9.45. The van der Waals surface area contributed by atoms with E-state index in [1.807, 2.05) is 26.0 Å². The van der Waals surface area contributed by atoms with E-state index in [2.05, 4.69) is 10.6 Å². The van der Waals surface area contributed by atoms with Gasteiger partial charge in [-0.3, -0.25) is 19.7 Å². The van der Waals surface area contributed by atoms with Gasteiger partial charge in [0.2, 0.25) is 11.6 Å². The van der Waals surface area contributed by atoms with E-state index in [0.29, 0.717) is 12.2 Å². The van der Waals surface area contributed by atoms with Gasteiger partial charge in [0, 0.05) is 14.1 Å². The molecule has 1 aromatic carbocycles. The van der Waals surface area contributed by atoms with Crippen LogP contribution in [0.5, 0.6) is 5.75 Å². The molecule has 1 amide bonds. The van der Waals surface area contributed by atoms with Crippen LogP contribution in [0, 0.1) is 6.92 Å². The van der Waals surface area contributed by atoms with E-state index in [1.54, 1.807) is 26.2 Å². The Balaban J connectivity index is 1.80. The van der Waals surface area contributed by atoms with Gasteiger partial charge in [-0.25, -0.2) is 0 Å². The molecule has 0 radical (unpaired) electrons. The second-order valence-electron chi connectivity index (χ2n) is 7.31. The molecule has 0 bridgehead atoms. The number of Topliss-reactive ketones (excluding diaryl/α,β-unsaturated/α-hetero) is 2. The van der Waals surface area contributed by atoms with E-state index in [9.17, 15) is 19.5 Å². The Morgan fingerprint density at radius 2 is 1.86 bits per heavy atom. The molecule has 1 fully saturated rings. The lowest BCUT2D eigenvalue weighted by Gasteiger charge is -2.37. The summed E-state index contributed by atoms with van der Waals surface area (Å²) in [4.78, 5) is 37.9. The molecule has 154 valence electrons. The van der Waals surface area contributed by atoms with E-state index in [0.717, 1.165) is 5.76 Å². The number of hydrogen-bond donors (Lipinski definition) is 3. The van der Waals surface area contributed by atoms with Gasteiger partial charge >= 0.3 is 0 Å². The van der Waals surface area contributed by atoms with Crippen LogP contribution < -0.4 is 10.6 Å². The van der Waals surface area contributed by atoms with Gasteiger partial charge in [0.15, 0.2) is 5.75 Å². The average Bonchev–Trinajstić information content (AvgIpc) is 3.13. The van der Waals surface area contributed by atoms with Crippen molar-refractivity contribution in [3.8, 4) is 5.75 Å². The number of phenolic OH excluding ortho intramolecular Hbond substituents is 1. The molecule has 29 heavy (non-hydrogen) atoms. The van der Waals surface area contributed by atoms with Gasteiger partial charge in [0.25, 0.3) is 5.91 Å². The van der Waals surface area contributed by atoms with E-state index in [4.69, 9.17) is 4.42 Å². The molecule has 1 heterocycles. The Bertz CT molecular complexity index is 950. The SMILES string of the molecule is CCC(NC1C(=O)C(=O)C1Nc1cccc(C(=O)N(C)C)c1O)c1ccc(C)o1. The van der Waals surface area contributed by atoms with Gasteiger partial charge in [-0.05, 0) is 37.6 Å². The number of furan rings is 1. The predicted octanol–water partition coefficient (Wildman–Crippen LogP) is 2.04. The van der Waals surface area contributed by atoms with Crippen LogP contribution in [0.2, 0.25) is 0 Å². The third-order valence-corrected chi connectivity index (χ3v) is 5.02. The van der Waals surface area contributed by atoms with Crippen molar-refractivity contribution in [3.63, 3.8) is 0 Å². The molecule has 1 aromatic heterocycles. The number of nitrogens with one attached hydrogen (secondary N) is 2. The number of benzene rings is 1. The van der Waals surface area contributed by atoms with Crippen LogP contribution >= 0.6 is 0 Å². The normalized spacial score (nSPS) is 19.6. The van der Waals surface area contributed by atoms with Crippen LogP contribution in [0.15, 0.2) is 34.7 Å². The van der Waals surface area contributed by atoms with Crippen molar-refractivity contribution in [1.29, 1.82) is 0 Å². The van der Waals surface area contributed by atoms with Gasteiger partial charge in [0.05, 0.1) is 17.3 Å². The maximum Gasteiger partial charge on any atom is 0.257 e. The number of aryl methyl sites for hydroxylation is 1. The minimum atomic E-state index is -0.844. The molecule has 8 nitrogen and oxygen atoms in total. The summed E-state index contributed by atoms with van der Waals surface area (Å²) >= 11 is 0. The smallest absolute Gasteiger partial charge is 0.257 e. The Morgan fingerprint density at radius 3 is 2.45 bits per heavy atom. The average molecular weight is 399 g/mol. The number of carbonyl (C=O) groups excluding carboxylic acids is 3. The zero-order chi connectivity index (χ0) is 21.3. The Morgan fingerprint density at radius 1 is 1.17 bits per heavy atom. The van der Waals surface area contributed by atoms with Crippen molar-refractivity contribution in [3.05, 3.63) is 47.4 Å². The van der Waals surface area contributed by atoms with Crippen molar-refractivity contribution in [2.75, 3.05) is 19.4 Å². The second kappa shape index (κ2) is 8.08. The summed E-state index contributed by atoms with van der Waals surface area (Å²) in [6.07, 6.45) is 0.662. The largest absolute Gasteiger partial charge is 0.505 e. The standard InChI is InChI=1S/C21H25N3O5/c1-5-13(15-10-9-11(2)29-15)22-16-17(20(27)19(16)26)23-14-8-6-7-12(18(14)25)21(28)24(3)4/h6-10,13,16-17,22-23,25H,5H2,1-4H3. The van der Waals surface area contributed by atoms with E-state index in [1.165, 1.54) is 11.0 Å². The van der Waals surface area contributed by atoms with Crippen molar-refractivity contribution >= 4 is 23.2 Å². The van der Waals surface area contributed by atoms with Crippen LogP contribution in [0.4, 0.5) is 5.69 Å². The molecule has 3 unspecified atom stereocenters. The number of nitrogens with zero attached hydrogens (tertiary/aromatic N) is 1. The summed E-state index contributed by atoms with van der Waals surface area (Å²) < 4.78 is 5.64. The molecule has 0 saturated heterocycles. The molecule has 1 aliphatic rings. The maximum absolute atomic E-state index is 12.2. The first kappa shape index (κ1) is 20.6. The Labute approximate surface area is 168 Å². The van der Waals surface area contributed by atoms with Gasteiger partial charge in [-0.15, -0.1) is 0 Å². The molecule has 1 aliphatic carbocycles. The van der Waals surface area contributed by atoms with Crippen molar-refractivity contribution < 1.29 is 23.9 Å². The number of carbonyl (C=O) groups is 3. The van der Waals surface area contributed by atoms with Crippen LogP contribution in [0.25, 0.3) is 0 Å². The highest BCUT2D eigenvalue weighted by molar-refractivity contribution is 6.49. The number of aromatic hydroxyl groups is 1. The third kappa shape index (κ3) is 3.88. The second-order valence-corrected chi connectivity index (χ2v) is 7.31. The zero-order valence-corrected chi connectivity index (χ0v) is 16.9. The Hall–Kier alpha value is -3.13. The highest BCUT2D eigenvalue weighted by atomic mass is 16.3. The number of amides is 1. The number of phenols is 1. The molecule has 2 aromatic rings. The number of ketones is 2. The molecule has 0 aliphatic heterocycles. The monoisotopic (exact) mass is 399 g/mol. The first-order valence-electron chi connectivity index (χ1n) is 9.45. The fourth-order valence-corrected chi connectivity index (χ4v) is 3.33. The van der Waals surface area contributed by atoms with Crippen molar-refractivity contribution in [2.45, 2.75) is 38.4 Å². The summed E-state index contributed by atoms with van der Waals surface area (Å²) in [5, 5.41) is 16.6. The van der Waals surface area contributed by atoms with Crippen LogP contribution in [0.3, 0.4) is 0 Å². The lowest BCUT2D eigenvalue weighted by Crippen LogP contribution is -2.67. The molecule has 8 heteroatoms. The van der Waals surface area contributed by atoms with E-state index < -0.39 is 23.7 Å². The highest BCUT2D eigenvalue weighted by Gasteiger charge is 2.50. The lowest BCUT2D eigenvalue weighted by molar-refractivity contribution is -0.145. The first-order chi connectivity index (χ1) is 13.7. The van der Waals surface area contributed by atoms with Crippen molar-refractivity contribution in [2.24, 2.45) is 0 Å². The number of para-hydroxylation sites is 1. The van der Waals surface area contributed by atoms with Crippen LogP contribution in [-0.2, 0) is 9.59 Å². The third-order valence-electron chi connectivity index (χ3n) is 5.02. The summed E-state index contributed by atoms with van der Waals surface area (Å²) in [7, 11) is 3.16. The topological polar surface area (TPSA) is 112 Å². The van der Waals surface area contributed by atoms with E-state index in [-0.39, 0.29) is 28.9 Å². The van der Waals surface area contributed by atoms with Gasteiger partial charge in [0.1, 0.15) is 23.6 Å². The molecule has 3 rings (SSSR count). The molecule has 0 spiro atoms. The molecular formula is C21H25N3O5. The summed E-state index contributed by atoms with van der Waals surface area (Å²) in [5.74, 6) is -0.265. The Kier molecular flexibility index (Phi) is 5.74. The van der Waals surface area contributed by atoms with Gasteiger partial charge < -0.3 is 19.7 Å². The van der Waals surface area contributed by atoms with E-state index >= 15 is 0 Å². The molecule has 3 N–H and O–H groups in total. The fourth-order valence-electron chi connectivity index (χ4n) is 3.33. The molecular weight excluding hydrogens is 374 g/mol. The van der Waals surface area contributed by atoms with Crippen LogP contribution in [-0.4, -0.2) is 53.7 Å². The van der Waals surface area contributed by atoms with Crippen molar-refractivity contribution in [1.82, 2.24) is 10.2 Å². The fraction of sp³-hybridized carbons (Fsp3) is 0.381. The maximum atomic E-state index is 12.2.